The van der Waals surface area contributed by atoms with Gasteiger partial charge in [0, 0.05) is 18.2 Å². The third-order valence-corrected chi connectivity index (χ3v) is 5.30. The lowest BCUT2D eigenvalue weighted by Crippen LogP contribution is -2.18. The van der Waals surface area contributed by atoms with Gasteiger partial charge in [0.1, 0.15) is 21.9 Å². The number of anilines is 1. The maximum atomic E-state index is 13.1. The maximum Gasteiger partial charge on any atom is 0.344 e. The highest BCUT2D eigenvalue weighted by Crippen LogP contribution is 2.32. The summed E-state index contributed by atoms with van der Waals surface area (Å²) in [6.45, 7) is 5.70. The molecule has 0 atom stereocenters. The van der Waals surface area contributed by atoms with E-state index in [2.05, 4.69) is 21.9 Å². The number of amides is 1. The van der Waals surface area contributed by atoms with Crippen molar-refractivity contribution in [2.24, 2.45) is 0 Å². The third kappa shape index (κ3) is 4.06. The minimum atomic E-state index is -0.697. The lowest BCUT2D eigenvalue weighted by atomic mass is 10.2. The van der Waals surface area contributed by atoms with Gasteiger partial charge in [-0.1, -0.05) is 29.8 Å². The molecule has 1 amide bonds. The molecule has 0 saturated carbocycles. The zero-order valence-corrected chi connectivity index (χ0v) is 18.7. The molecule has 34 heavy (non-hydrogen) atoms. The first-order chi connectivity index (χ1) is 16.3. The topological polar surface area (TPSA) is 129 Å². The van der Waals surface area contributed by atoms with E-state index in [1.54, 1.807) is 35.8 Å². The molecule has 0 aliphatic carbocycles. The number of allylic oxidation sites excluding steroid dienone is 1. The number of nitro groups is 1. The molecule has 11 heteroatoms. The zero-order chi connectivity index (χ0) is 24.4. The summed E-state index contributed by atoms with van der Waals surface area (Å²) in [6.07, 6.45) is 1.58. The van der Waals surface area contributed by atoms with Crippen LogP contribution in [0.4, 0.5) is 11.5 Å². The number of carbonyl (C=O) groups excluding carboxylic acids is 2. The average molecular weight is 480 g/mol. The van der Waals surface area contributed by atoms with Gasteiger partial charge >= 0.3 is 5.97 Å². The first-order valence-corrected chi connectivity index (χ1v) is 10.6. The van der Waals surface area contributed by atoms with E-state index in [1.807, 2.05) is 6.07 Å². The van der Waals surface area contributed by atoms with Gasteiger partial charge in [0.25, 0.3) is 11.6 Å². The molecule has 0 aliphatic heterocycles. The van der Waals surface area contributed by atoms with Crippen molar-refractivity contribution in [1.29, 1.82) is 0 Å². The van der Waals surface area contributed by atoms with E-state index < -0.39 is 22.5 Å². The number of para-hydroxylation sites is 2. The fourth-order valence-corrected chi connectivity index (χ4v) is 3.69. The third-order valence-electron chi connectivity index (χ3n) is 4.98. The van der Waals surface area contributed by atoms with Crippen molar-refractivity contribution >= 4 is 57.2 Å². The van der Waals surface area contributed by atoms with Crippen LogP contribution in [0, 0.1) is 10.1 Å². The number of carbonyl (C=O) groups is 2. The number of esters is 1. The van der Waals surface area contributed by atoms with Crippen molar-refractivity contribution in [3.05, 3.63) is 81.4 Å². The molecule has 0 saturated heterocycles. The Hall–Kier alpha value is -4.31. The van der Waals surface area contributed by atoms with Crippen LogP contribution in [-0.2, 0) is 11.3 Å². The number of halogens is 1. The number of hydrogen-bond acceptors (Lipinski definition) is 7. The van der Waals surface area contributed by atoms with Crippen molar-refractivity contribution in [1.82, 2.24) is 14.5 Å². The molecule has 2 aromatic heterocycles. The van der Waals surface area contributed by atoms with Crippen LogP contribution in [0.1, 0.15) is 27.6 Å². The van der Waals surface area contributed by atoms with Crippen molar-refractivity contribution in [3.63, 3.8) is 0 Å². The van der Waals surface area contributed by atoms with Gasteiger partial charge in [0.2, 0.25) is 0 Å². The molecule has 172 valence electrons. The van der Waals surface area contributed by atoms with Crippen LogP contribution in [0.15, 0.2) is 55.1 Å². The Morgan fingerprint density at radius 2 is 1.94 bits per heavy atom. The fraction of sp³-hybridized carbons (Fsp3) is 0.130. The standard InChI is InChI=1S/C23H18ClN5O5/c1-3-11-28-20(27-22(30)13-9-10-14(24)17(12-13)29(32)33)18(23(31)34-4-2)19-21(28)26-16-8-6-5-7-15(16)25-19/h3,5-10,12H,1,4,11H2,2H3,(H,27,30). The van der Waals surface area contributed by atoms with E-state index in [-0.39, 0.29) is 40.6 Å². The molecule has 0 aliphatic rings. The van der Waals surface area contributed by atoms with E-state index in [1.165, 1.54) is 12.1 Å². The minimum Gasteiger partial charge on any atom is -0.462 e. The summed E-state index contributed by atoms with van der Waals surface area (Å²) in [5, 5.41) is 13.8. The minimum absolute atomic E-state index is 0.0209. The molecule has 0 unspecified atom stereocenters. The molecule has 0 spiro atoms. The molecule has 1 N–H and O–H groups in total. The summed E-state index contributed by atoms with van der Waals surface area (Å²) >= 11 is 5.86. The highest BCUT2D eigenvalue weighted by Gasteiger charge is 2.28. The van der Waals surface area contributed by atoms with Gasteiger partial charge in [0.05, 0.1) is 22.6 Å². The van der Waals surface area contributed by atoms with Crippen LogP contribution in [0.5, 0.6) is 0 Å². The maximum absolute atomic E-state index is 13.1. The molecular weight excluding hydrogens is 462 g/mol. The molecule has 0 fully saturated rings. The monoisotopic (exact) mass is 479 g/mol. The molecular formula is C23H18ClN5O5. The zero-order valence-electron chi connectivity index (χ0n) is 17.9. The van der Waals surface area contributed by atoms with Crippen LogP contribution in [0.25, 0.3) is 22.2 Å². The summed E-state index contributed by atoms with van der Waals surface area (Å²) in [4.78, 5) is 45.8. The van der Waals surface area contributed by atoms with Crippen molar-refractivity contribution < 1.29 is 19.2 Å². The second-order valence-corrected chi connectivity index (χ2v) is 7.51. The molecule has 2 aromatic carbocycles. The van der Waals surface area contributed by atoms with Gasteiger partial charge in [-0.05, 0) is 31.2 Å². The summed E-state index contributed by atoms with van der Waals surface area (Å²) in [5.74, 6) is -1.30. The van der Waals surface area contributed by atoms with Crippen LogP contribution in [-0.4, -0.2) is 37.9 Å². The quantitative estimate of drug-likeness (QED) is 0.175. The van der Waals surface area contributed by atoms with E-state index in [4.69, 9.17) is 16.3 Å². The van der Waals surface area contributed by atoms with Gasteiger partial charge in [-0.2, -0.15) is 0 Å². The highest BCUT2D eigenvalue weighted by molar-refractivity contribution is 6.32. The molecule has 2 heterocycles. The second kappa shape index (κ2) is 9.28. The molecule has 0 radical (unpaired) electrons. The predicted octanol–water partition coefficient (Wildman–Crippen LogP) is 4.76. The molecule has 0 bridgehead atoms. The van der Waals surface area contributed by atoms with E-state index >= 15 is 0 Å². The second-order valence-electron chi connectivity index (χ2n) is 7.11. The smallest absolute Gasteiger partial charge is 0.344 e. The number of ether oxygens (including phenoxy) is 1. The summed E-state index contributed by atoms with van der Waals surface area (Å²) < 4.78 is 6.81. The number of nitrogens with one attached hydrogen (secondary N) is 1. The van der Waals surface area contributed by atoms with Gasteiger partial charge in [-0.25, -0.2) is 14.8 Å². The summed E-state index contributed by atoms with van der Waals surface area (Å²) in [5.41, 5.74) is 1.33. The van der Waals surface area contributed by atoms with Crippen LogP contribution in [0.2, 0.25) is 5.02 Å². The fourth-order valence-electron chi connectivity index (χ4n) is 3.51. The summed E-state index contributed by atoms with van der Waals surface area (Å²) in [7, 11) is 0. The number of hydrogen-bond donors (Lipinski definition) is 1. The molecule has 4 aromatic rings. The van der Waals surface area contributed by atoms with E-state index in [9.17, 15) is 19.7 Å². The Morgan fingerprint density at radius 1 is 1.24 bits per heavy atom. The first-order valence-electron chi connectivity index (χ1n) is 10.2. The normalized spacial score (nSPS) is 10.9. The van der Waals surface area contributed by atoms with Crippen LogP contribution >= 0.6 is 11.6 Å². The van der Waals surface area contributed by atoms with Crippen LogP contribution in [0.3, 0.4) is 0 Å². The van der Waals surface area contributed by atoms with Crippen molar-refractivity contribution in [3.8, 4) is 0 Å². The summed E-state index contributed by atoms with van der Waals surface area (Å²) in [6, 6.07) is 10.8. The lowest BCUT2D eigenvalue weighted by Gasteiger charge is -2.11. The number of rotatable bonds is 7. The Balaban J connectivity index is 1.92. The molecule has 10 nitrogen and oxygen atoms in total. The van der Waals surface area contributed by atoms with Crippen molar-refractivity contribution in [2.45, 2.75) is 13.5 Å². The Morgan fingerprint density at radius 3 is 2.59 bits per heavy atom. The SMILES string of the molecule is C=CCn1c(NC(=O)c2ccc(Cl)c([N+](=O)[O-])c2)c(C(=O)OCC)c2nc3ccccc3nc21. The van der Waals surface area contributed by atoms with Crippen LogP contribution < -0.4 is 5.32 Å². The predicted molar refractivity (Wildman–Crippen MR) is 127 cm³/mol. The first kappa shape index (κ1) is 22.9. The Kier molecular flexibility index (Phi) is 6.24. The number of nitrogens with zero attached hydrogens (tertiary/aromatic N) is 4. The number of benzene rings is 2. The van der Waals surface area contributed by atoms with Crippen molar-refractivity contribution in [2.75, 3.05) is 11.9 Å². The number of aromatic nitrogens is 3. The lowest BCUT2D eigenvalue weighted by molar-refractivity contribution is -0.384. The average Bonchev–Trinajstić information content (AvgIpc) is 3.10. The highest BCUT2D eigenvalue weighted by atomic mass is 35.5. The Bertz CT molecular complexity index is 1480. The van der Waals surface area contributed by atoms with Gasteiger partial charge in [-0.3, -0.25) is 14.9 Å². The number of nitro benzene ring substituents is 1. The van der Waals surface area contributed by atoms with Gasteiger partial charge < -0.3 is 14.6 Å². The van der Waals surface area contributed by atoms with E-state index in [0.29, 0.717) is 16.7 Å². The van der Waals surface area contributed by atoms with Gasteiger partial charge in [-0.15, -0.1) is 6.58 Å². The van der Waals surface area contributed by atoms with E-state index in [0.717, 1.165) is 6.07 Å². The van der Waals surface area contributed by atoms with Gasteiger partial charge in [0.15, 0.2) is 5.65 Å². The largest absolute Gasteiger partial charge is 0.462 e. The molecule has 4 rings (SSSR count). The Labute approximate surface area is 198 Å². The number of fused-ring (bicyclic) bond motifs is 2.